The van der Waals surface area contributed by atoms with Crippen molar-refractivity contribution in [2.75, 3.05) is 0 Å². The molecule has 0 unspecified atom stereocenters. The molecule has 1 aromatic carbocycles. The van der Waals surface area contributed by atoms with Crippen LogP contribution in [0.2, 0.25) is 0 Å². The summed E-state index contributed by atoms with van der Waals surface area (Å²) in [5.74, 6) is -2.06. The van der Waals surface area contributed by atoms with Crippen LogP contribution in [0.4, 0.5) is 0 Å². The molecule has 0 spiro atoms. The van der Waals surface area contributed by atoms with Crippen molar-refractivity contribution in [3.8, 4) is 5.69 Å². The highest BCUT2D eigenvalue weighted by atomic mass is 16.4. The van der Waals surface area contributed by atoms with E-state index in [-0.39, 0.29) is 12.1 Å². The van der Waals surface area contributed by atoms with Crippen molar-refractivity contribution in [3.05, 3.63) is 41.7 Å². The Morgan fingerprint density at radius 1 is 1.17 bits per heavy atom. The van der Waals surface area contributed by atoms with Gasteiger partial charge in [-0.15, -0.1) is 5.10 Å². The molecule has 0 aliphatic carbocycles. The van der Waals surface area contributed by atoms with E-state index < -0.39 is 11.9 Å². The van der Waals surface area contributed by atoms with E-state index in [4.69, 9.17) is 10.2 Å². The zero-order valence-electron chi connectivity index (χ0n) is 9.15. The van der Waals surface area contributed by atoms with Crippen LogP contribution in [0.5, 0.6) is 0 Å². The van der Waals surface area contributed by atoms with Crippen LogP contribution in [0.3, 0.4) is 0 Å². The van der Waals surface area contributed by atoms with Crippen LogP contribution in [0.25, 0.3) is 5.69 Å². The summed E-state index contributed by atoms with van der Waals surface area (Å²) in [7, 11) is 0. The molecule has 0 fully saturated rings. The van der Waals surface area contributed by atoms with Crippen LogP contribution in [-0.2, 0) is 11.2 Å². The van der Waals surface area contributed by atoms with Crippen molar-refractivity contribution in [3.63, 3.8) is 0 Å². The van der Waals surface area contributed by atoms with Gasteiger partial charge < -0.3 is 10.2 Å². The van der Waals surface area contributed by atoms with Crippen molar-refractivity contribution < 1.29 is 19.8 Å². The third kappa shape index (κ3) is 2.51. The van der Waals surface area contributed by atoms with Gasteiger partial charge in [0.15, 0.2) is 5.69 Å². The number of aliphatic carboxylic acids is 1. The SMILES string of the molecule is O=C(O)Cc1ccc(-n2cc(C(=O)O)nn2)cc1. The minimum Gasteiger partial charge on any atom is -0.481 e. The van der Waals surface area contributed by atoms with Crippen LogP contribution >= 0.6 is 0 Å². The number of carbonyl (C=O) groups is 2. The number of nitrogens with zero attached hydrogens (tertiary/aromatic N) is 3. The number of hydrogen-bond acceptors (Lipinski definition) is 4. The molecule has 2 N–H and O–H groups in total. The molecule has 0 radical (unpaired) electrons. The average molecular weight is 247 g/mol. The number of aromatic carboxylic acids is 1. The van der Waals surface area contributed by atoms with Crippen molar-refractivity contribution in [2.24, 2.45) is 0 Å². The van der Waals surface area contributed by atoms with Gasteiger partial charge in [0.2, 0.25) is 0 Å². The summed E-state index contributed by atoms with van der Waals surface area (Å²) in [5, 5.41) is 24.5. The highest BCUT2D eigenvalue weighted by Gasteiger charge is 2.09. The largest absolute Gasteiger partial charge is 0.481 e. The van der Waals surface area contributed by atoms with E-state index in [0.717, 1.165) is 0 Å². The first-order valence-electron chi connectivity index (χ1n) is 5.03. The lowest BCUT2D eigenvalue weighted by molar-refractivity contribution is -0.136. The highest BCUT2D eigenvalue weighted by molar-refractivity contribution is 5.84. The second-order valence-electron chi connectivity index (χ2n) is 3.59. The van der Waals surface area contributed by atoms with Gasteiger partial charge in [-0.1, -0.05) is 17.3 Å². The Hall–Kier alpha value is -2.70. The normalized spacial score (nSPS) is 10.2. The van der Waals surface area contributed by atoms with Gasteiger partial charge >= 0.3 is 11.9 Å². The third-order valence-electron chi connectivity index (χ3n) is 2.27. The molecule has 0 saturated carbocycles. The first kappa shape index (κ1) is 11.8. The Morgan fingerprint density at radius 2 is 1.83 bits per heavy atom. The zero-order valence-corrected chi connectivity index (χ0v) is 9.15. The summed E-state index contributed by atoms with van der Waals surface area (Å²) in [6.07, 6.45) is 1.23. The topological polar surface area (TPSA) is 105 Å². The van der Waals surface area contributed by atoms with E-state index in [1.807, 2.05) is 0 Å². The molecule has 1 aromatic heterocycles. The van der Waals surface area contributed by atoms with Crippen LogP contribution in [0.1, 0.15) is 16.1 Å². The molecule has 0 amide bonds. The molecular formula is C11H9N3O4. The molecule has 0 bridgehead atoms. The van der Waals surface area contributed by atoms with Crippen molar-refractivity contribution in [1.29, 1.82) is 0 Å². The standard InChI is InChI=1S/C11H9N3O4/c15-10(16)5-7-1-3-8(4-2-7)14-6-9(11(17)18)12-13-14/h1-4,6H,5H2,(H,15,16)(H,17,18). The van der Waals surface area contributed by atoms with Crippen LogP contribution in [0, 0.1) is 0 Å². The number of carboxylic acid groups (broad SMARTS) is 2. The van der Waals surface area contributed by atoms with Crippen molar-refractivity contribution in [1.82, 2.24) is 15.0 Å². The van der Waals surface area contributed by atoms with E-state index >= 15 is 0 Å². The number of hydrogen-bond donors (Lipinski definition) is 2. The quantitative estimate of drug-likeness (QED) is 0.819. The summed E-state index contributed by atoms with van der Waals surface area (Å²) in [5.41, 5.74) is 1.12. The van der Waals surface area contributed by atoms with E-state index in [9.17, 15) is 9.59 Å². The second-order valence-corrected chi connectivity index (χ2v) is 3.59. The summed E-state index contributed by atoms with van der Waals surface area (Å²) in [6.45, 7) is 0. The average Bonchev–Trinajstić information content (AvgIpc) is 2.78. The van der Waals surface area contributed by atoms with Gasteiger partial charge in [0.1, 0.15) is 0 Å². The third-order valence-corrected chi connectivity index (χ3v) is 2.27. The predicted octanol–water partition coefficient (Wildman–Crippen LogP) is 0.593. The Bertz CT molecular complexity index is 589. The fourth-order valence-electron chi connectivity index (χ4n) is 1.43. The van der Waals surface area contributed by atoms with Crippen LogP contribution < -0.4 is 0 Å². The Labute approximate surface area is 101 Å². The smallest absolute Gasteiger partial charge is 0.358 e. The molecule has 92 valence electrons. The number of aromatic nitrogens is 3. The maximum absolute atomic E-state index is 10.6. The Kier molecular flexibility index (Phi) is 3.05. The maximum atomic E-state index is 10.6. The predicted molar refractivity (Wildman–Crippen MR) is 59.7 cm³/mol. The van der Waals surface area contributed by atoms with E-state index in [0.29, 0.717) is 11.3 Å². The summed E-state index contributed by atoms with van der Waals surface area (Å²) in [4.78, 5) is 21.1. The molecule has 0 aliphatic heterocycles. The maximum Gasteiger partial charge on any atom is 0.358 e. The van der Waals surface area contributed by atoms with E-state index in [1.165, 1.54) is 10.9 Å². The molecule has 2 aromatic rings. The van der Waals surface area contributed by atoms with E-state index in [2.05, 4.69) is 10.3 Å². The second kappa shape index (κ2) is 4.66. The Balaban J connectivity index is 2.22. The Morgan fingerprint density at radius 3 is 2.33 bits per heavy atom. The lowest BCUT2D eigenvalue weighted by Crippen LogP contribution is -2.01. The van der Waals surface area contributed by atoms with Crippen molar-refractivity contribution >= 4 is 11.9 Å². The molecule has 2 rings (SSSR count). The fourth-order valence-corrected chi connectivity index (χ4v) is 1.43. The van der Waals surface area contributed by atoms with Gasteiger partial charge in [0.25, 0.3) is 0 Å². The monoisotopic (exact) mass is 247 g/mol. The summed E-state index contributed by atoms with van der Waals surface area (Å²) in [6, 6.07) is 6.59. The first-order chi connectivity index (χ1) is 8.56. The lowest BCUT2D eigenvalue weighted by Gasteiger charge is -2.01. The van der Waals surface area contributed by atoms with Gasteiger partial charge in [-0.3, -0.25) is 4.79 Å². The summed E-state index contributed by atoms with van der Waals surface area (Å²) >= 11 is 0. The van der Waals surface area contributed by atoms with Gasteiger partial charge in [-0.25, -0.2) is 9.48 Å². The van der Waals surface area contributed by atoms with Gasteiger partial charge in [-0.05, 0) is 17.7 Å². The minimum atomic E-state index is -1.15. The van der Waals surface area contributed by atoms with Gasteiger partial charge in [-0.2, -0.15) is 0 Å². The molecule has 0 aliphatic rings. The van der Waals surface area contributed by atoms with Gasteiger partial charge in [0.05, 0.1) is 18.3 Å². The zero-order chi connectivity index (χ0) is 13.1. The number of benzene rings is 1. The van der Waals surface area contributed by atoms with Gasteiger partial charge in [0, 0.05) is 0 Å². The minimum absolute atomic E-state index is 0.0575. The number of rotatable bonds is 4. The molecule has 0 saturated heterocycles. The molecule has 7 nitrogen and oxygen atoms in total. The molecule has 7 heteroatoms. The highest BCUT2D eigenvalue weighted by Crippen LogP contribution is 2.09. The first-order valence-corrected chi connectivity index (χ1v) is 5.03. The molecule has 18 heavy (non-hydrogen) atoms. The summed E-state index contributed by atoms with van der Waals surface area (Å²) < 4.78 is 1.31. The molecule has 0 atom stereocenters. The lowest BCUT2D eigenvalue weighted by atomic mass is 10.1. The van der Waals surface area contributed by atoms with Crippen LogP contribution in [0.15, 0.2) is 30.5 Å². The fraction of sp³-hybridized carbons (Fsp3) is 0.0909. The van der Waals surface area contributed by atoms with Crippen molar-refractivity contribution in [2.45, 2.75) is 6.42 Å². The van der Waals surface area contributed by atoms with Crippen LogP contribution in [-0.4, -0.2) is 37.1 Å². The number of carboxylic acids is 2. The molecule has 1 heterocycles. The molecular weight excluding hydrogens is 238 g/mol. The van der Waals surface area contributed by atoms with E-state index in [1.54, 1.807) is 24.3 Å².